The minimum absolute atomic E-state index is 0.145. The van der Waals surface area contributed by atoms with Crippen molar-refractivity contribution in [2.45, 2.75) is 10.1 Å². The fraction of sp³-hybridized carbons (Fsp3) is 0.0323. The first-order valence-corrected chi connectivity index (χ1v) is 12.6. The van der Waals surface area contributed by atoms with Crippen LogP contribution in [0, 0.1) is 5.82 Å². The SMILES string of the molecule is O=C(Nc1cccc(SC(C(=O)Nc2cccc3ccccc23)c2ccccc2)c1)c1ccc(F)cc1. The van der Waals surface area contributed by atoms with Gasteiger partial charge in [-0.3, -0.25) is 9.59 Å². The Morgan fingerprint density at radius 1 is 0.703 bits per heavy atom. The van der Waals surface area contributed by atoms with E-state index in [1.165, 1.54) is 36.0 Å². The third-order valence-corrected chi connectivity index (χ3v) is 7.09. The van der Waals surface area contributed by atoms with E-state index in [2.05, 4.69) is 10.6 Å². The fourth-order valence-electron chi connectivity index (χ4n) is 4.02. The van der Waals surface area contributed by atoms with E-state index in [1.807, 2.05) is 91.0 Å². The summed E-state index contributed by atoms with van der Waals surface area (Å²) in [6.07, 6.45) is 0. The van der Waals surface area contributed by atoms with Crippen molar-refractivity contribution in [2.24, 2.45) is 0 Å². The number of thioether (sulfide) groups is 1. The maximum atomic E-state index is 13.6. The highest BCUT2D eigenvalue weighted by Crippen LogP contribution is 2.37. The molecule has 5 aromatic carbocycles. The highest BCUT2D eigenvalue weighted by molar-refractivity contribution is 8.00. The largest absolute Gasteiger partial charge is 0.324 e. The number of carbonyl (C=O) groups excluding carboxylic acids is 2. The van der Waals surface area contributed by atoms with Gasteiger partial charge in [0.2, 0.25) is 5.91 Å². The van der Waals surface area contributed by atoms with Gasteiger partial charge in [0.25, 0.3) is 5.91 Å². The van der Waals surface area contributed by atoms with E-state index >= 15 is 0 Å². The minimum Gasteiger partial charge on any atom is -0.324 e. The molecule has 6 heteroatoms. The van der Waals surface area contributed by atoms with Crippen molar-refractivity contribution < 1.29 is 14.0 Å². The zero-order valence-corrected chi connectivity index (χ0v) is 20.5. The molecule has 0 aromatic heterocycles. The Hall–Kier alpha value is -4.42. The number of nitrogens with one attached hydrogen (secondary N) is 2. The Labute approximate surface area is 218 Å². The molecule has 0 bridgehead atoms. The second kappa shape index (κ2) is 11.1. The summed E-state index contributed by atoms with van der Waals surface area (Å²) in [6, 6.07) is 36.1. The summed E-state index contributed by atoms with van der Waals surface area (Å²) in [5.74, 6) is -0.882. The lowest BCUT2D eigenvalue weighted by Gasteiger charge is -2.18. The van der Waals surface area contributed by atoms with E-state index in [1.54, 1.807) is 6.07 Å². The molecule has 4 nitrogen and oxygen atoms in total. The van der Waals surface area contributed by atoms with Gasteiger partial charge in [0.15, 0.2) is 0 Å². The number of carbonyl (C=O) groups is 2. The topological polar surface area (TPSA) is 58.2 Å². The predicted molar refractivity (Wildman–Crippen MR) is 148 cm³/mol. The van der Waals surface area contributed by atoms with Crippen molar-refractivity contribution in [3.05, 3.63) is 138 Å². The molecular weight excluding hydrogens is 483 g/mol. The number of anilines is 2. The van der Waals surface area contributed by atoms with Crippen LogP contribution in [0.25, 0.3) is 10.8 Å². The van der Waals surface area contributed by atoms with Crippen molar-refractivity contribution >= 4 is 45.7 Å². The number of rotatable bonds is 7. The first-order valence-electron chi connectivity index (χ1n) is 11.7. The molecule has 0 radical (unpaired) electrons. The molecule has 0 saturated carbocycles. The van der Waals surface area contributed by atoms with Gasteiger partial charge in [-0.25, -0.2) is 4.39 Å². The molecule has 0 spiro atoms. The van der Waals surface area contributed by atoms with Crippen LogP contribution in [-0.4, -0.2) is 11.8 Å². The Kier molecular flexibility index (Phi) is 7.28. The summed E-state index contributed by atoms with van der Waals surface area (Å²) in [5.41, 5.74) is 2.56. The van der Waals surface area contributed by atoms with Crippen LogP contribution in [-0.2, 0) is 4.79 Å². The van der Waals surface area contributed by atoms with E-state index in [0.717, 1.165) is 26.9 Å². The van der Waals surface area contributed by atoms with Crippen LogP contribution in [0.1, 0.15) is 21.2 Å². The van der Waals surface area contributed by atoms with E-state index in [9.17, 15) is 14.0 Å². The molecule has 0 heterocycles. The molecule has 0 aliphatic carbocycles. The summed E-state index contributed by atoms with van der Waals surface area (Å²) in [4.78, 5) is 27.0. The average molecular weight is 507 g/mol. The Morgan fingerprint density at radius 2 is 1.41 bits per heavy atom. The van der Waals surface area contributed by atoms with Gasteiger partial charge in [0, 0.05) is 27.2 Å². The monoisotopic (exact) mass is 506 g/mol. The number of benzene rings is 5. The number of amides is 2. The molecule has 37 heavy (non-hydrogen) atoms. The summed E-state index contributed by atoms with van der Waals surface area (Å²) < 4.78 is 13.2. The fourth-order valence-corrected chi connectivity index (χ4v) is 5.10. The third kappa shape index (κ3) is 5.88. The van der Waals surface area contributed by atoms with Gasteiger partial charge in [-0.2, -0.15) is 0 Å². The maximum Gasteiger partial charge on any atom is 0.255 e. The van der Waals surface area contributed by atoms with Crippen molar-refractivity contribution in [2.75, 3.05) is 10.6 Å². The lowest BCUT2D eigenvalue weighted by Crippen LogP contribution is -2.19. The zero-order chi connectivity index (χ0) is 25.6. The summed E-state index contributed by atoms with van der Waals surface area (Å²) in [7, 11) is 0. The van der Waals surface area contributed by atoms with Crippen LogP contribution in [0.5, 0.6) is 0 Å². The van der Waals surface area contributed by atoms with E-state index in [0.29, 0.717) is 11.3 Å². The van der Waals surface area contributed by atoms with Crippen LogP contribution >= 0.6 is 11.8 Å². The average Bonchev–Trinajstić information content (AvgIpc) is 2.93. The van der Waals surface area contributed by atoms with Gasteiger partial charge in [-0.15, -0.1) is 11.8 Å². The normalized spacial score (nSPS) is 11.6. The molecule has 5 rings (SSSR count). The van der Waals surface area contributed by atoms with Crippen LogP contribution < -0.4 is 10.6 Å². The lowest BCUT2D eigenvalue weighted by molar-refractivity contribution is -0.115. The highest BCUT2D eigenvalue weighted by atomic mass is 32.2. The molecule has 2 amide bonds. The van der Waals surface area contributed by atoms with Crippen LogP contribution in [0.4, 0.5) is 15.8 Å². The van der Waals surface area contributed by atoms with Gasteiger partial charge < -0.3 is 10.6 Å². The Bertz CT molecular complexity index is 1550. The van der Waals surface area contributed by atoms with Crippen molar-refractivity contribution in [1.29, 1.82) is 0 Å². The molecule has 1 unspecified atom stereocenters. The molecular formula is C31H23FN2O2S. The molecule has 0 fully saturated rings. The molecule has 0 aliphatic rings. The summed E-state index contributed by atoms with van der Waals surface area (Å²) in [5, 5.41) is 7.46. The number of fused-ring (bicyclic) bond motifs is 1. The van der Waals surface area contributed by atoms with Crippen molar-refractivity contribution in [3.63, 3.8) is 0 Å². The summed E-state index contributed by atoms with van der Waals surface area (Å²) in [6.45, 7) is 0. The van der Waals surface area contributed by atoms with Gasteiger partial charge in [0.1, 0.15) is 11.1 Å². The van der Waals surface area contributed by atoms with Gasteiger partial charge in [0.05, 0.1) is 0 Å². The molecule has 5 aromatic rings. The molecule has 182 valence electrons. The molecule has 0 aliphatic heterocycles. The predicted octanol–water partition coefficient (Wildman–Crippen LogP) is 7.70. The Morgan fingerprint density at radius 3 is 2.22 bits per heavy atom. The van der Waals surface area contributed by atoms with Crippen LogP contribution in [0.3, 0.4) is 0 Å². The second-order valence-electron chi connectivity index (χ2n) is 8.41. The standard InChI is InChI=1S/C31H23FN2O2S/c32-24-18-16-23(17-19-24)30(35)33-25-12-7-13-26(20-25)37-29(22-9-2-1-3-10-22)31(36)34-28-15-6-11-21-8-4-5-14-27(21)28/h1-20,29H,(H,33,35)(H,34,36). The molecule has 1 atom stereocenters. The van der Waals surface area contributed by atoms with Crippen molar-refractivity contribution in [3.8, 4) is 0 Å². The minimum atomic E-state index is -0.525. The van der Waals surface area contributed by atoms with Gasteiger partial charge in [-0.05, 0) is 59.5 Å². The number of hydrogen-bond donors (Lipinski definition) is 2. The highest BCUT2D eigenvalue weighted by Gasteiger charge is 2.23. The Balaban J connectivity index is 1.38. The van der Waals surface area contributed by atoms with Gasteiger partial charge >= 0.3 is 0 Å². The molecule has 0 saturated heterocycles. The number of halogens is 1. The van der Waals surface area contributed by atoms with Gasteiger partial charge in [-0.1, -0.05) is 72.8 Å². The first-order chi connectivity index (χ1) is 18.1. The number of hydrogen-bond acceptors (Lipinski definition) is 3. The van der Waals surface area contributed by atoms with Crippen molar-refractivity contribution in [1.82, 2.24) is 0 Å². The smallest absolute Gasteiger partial charge is 0.255 e. The third-order valence-electron chi connectivity index (χ3n) is 5.84. The maximum absolute atomic E-state index is 13.6. The van der Waals surface area contributed by atoms with Crippen LogP contribution in [0.2, 0.25) is 0 Å². The first kappa shape index (κ1) is 24.3. The summed E-state index contributed by atoms with van der Waals surface area (Å²) >= 11 is 1.40. The van der Waals surface area contributed by atoms with E-state index in [4.69, 9.17) is 0 Å². The van der Waals surface area contributed by atoms with Crippen LogP contribution in [0.15, 0.2) is 126 Å². The van der Waals surface area contributed by atoms with E-state index < -0.39 is 11.1 Å². The molecule has 2 N–H and O–H groups in total. The second-order valence-corrected chi connectivity index (χ2v) is 9.59. The quantitative estimate of drug-likeness (QED) is 0.222. The van der Waals surface area contributed by atoms with E-state index in [-0.39, 0.29) is 11.8 Å². The zero-order valence-electron chi connectivity index (χ0n) is 19.7. The lowest BCUT2D eigenvalue weighted by atomic mass is 10.1.